The van der Waals surface area contributed by atoms with Crippen LogP contribution in [0.4, 0.5) is 5.69 Å². The summed E-state index contributed by atoms with van der Waals surface area (Å²) >= 11 is 12.7. The molecule has 1 aliphatic rings. The van der Waals surface area contributed by atoms with Gasteiger partial charge in [-0.15, -0.1) is 0 Å². The summed E-state index contributed by atoms with van der Waals surface area (Å²) < 4.78 is 11.7. The lowest BCUT2D eigenvalue weighted by Gasteiger charge is -2.37. The number of nitrogens with one attached hydrogen (secondary N) is 1. The number of hydrogen-bond donors (Lipinski definition) is 1. The Kier molecular flexibility index (Phi) is 6.94. The van der Waals surface area contributed by atoms with Crippen molar-refractivity contribution in [3.05, 3.63) is 70.2 Å². The molecule has 1 amide bonds. The van der Waals surface area contributed by atoms with Gasteiger partial charge in [-0.25, -0.2) is 0 Å². The minimum absolute atomic E-state index is 0.0919. The van der Waals surface area contributed by atoms with E-state index in [9.17, 15) is 4.79 Å². The van der Waals surface area contributed by atoms with Crippen molar-refractivity contribution >= 4 is 45.6 Å². The van der Waals surface area contributed by atoms with Crippen molar-refractivity contribution in [1.29, 1.82) is 0 Å². The fraction of sp³-hybridized carbons (Fsp3) is 0.346. The molecule has 1 N–H and O–H groups in total. The summed E-state index contributed by atoms with van der Waals surface area (Å²) in [4.78, 5) is 13.8. The van der Waals surface area contributed by atoms with E-state index in [-0.39, 0.29) is 12.0 Å². The van der Waals surface area contributed by atoms with Gasteiger partial charge in [-0.2, -0.15) is 0 Å². The minimum Gasteiger partial charge on any atom is -0.490 e. The van der Waals surface area contributed by atoms with E-state index in [0.717, 1.165) is 34.2 Å². The van der Waals surface area contributed by atoms with E-state index in [1.54, 1.807) is 12.1 Å². The highest BCUT2D eigenvalue weighted by Crippen LogP contribution is 2.41. The summed E-state index contributed by atoms with van der Waals surface area (Å²) in [7, 11) is 0. The molecule has 3 aromatic rings. The molecule has 4 rings (SSSR count). The van der Waals surface area contributed by atoms with Crippen LogP contribution in [-0.2, 0) is 14.9 Å². The summed E-state index contributed by atoms with van der Waals surface area (Å²) in [6.07, 6.45) is 2.12. The third-order valence-electron chi connectivity index (χ3n) is 6.26. The molecular weight excluding hydrogens is 445 g/mol. The van der Waals surface area contributed by atoms with Crippen molar-refractivity contribution in [2.75, 3.05) is 18.5 Å². The number of carbonyl (C=O) groups is 1. The molecule has 0 aliphatic carbocycles. The van der Waals surface area contributed by atoms with Gasteiger partial charge < -0.3 is 14.8 Å². The lowest BCUT2D eigenvalue weighted by atomic mass is 9.73. The third-order valence-corrected chi connectivity index (χ3v) is 6.81. The van der Waals surface area contributed by atoms with Gasteiger partial charge in [-0.1, -0.05) is 60.5 Å². The Morgan fingerprint density at radius 3 is 2.50 bits per heavy atom. The highest BCUT2D eigenvalue weighted by atomic mass is 35.5. The molecule has 3 aromatic carbocycles. The molecule has 1 atom stereocenters. The molecule has 32 heavy (non-hydrogen) atoms. The average molecular weight is 472 g/mol. The van der Waals surface area contributed by atoms with Crippen LogP contribution in [0.3, 0.4) is 0 Å². The van der Waals surface area contributed by atoms with Gasteiger partial charge in [-0.3, -0.25) is 4.79 Å². The lowest BCUT2D eigenvalue weighted by Crippen LogP contribution is -2.45. The molecule has 6 heteroatoms. The Labute approximate surface area is 198 Å². The lowest BCUT2D eigenvalue weighted by molar-refractivity contribution is -0.125. The predicted octanol–water partition coefficient (Wildman–Crippen LogP) is 7.01. The highest BCUT2D eigenvalue weighted by molar-refractivity contribution is 6.35. The molecule has 1 heterocycles. The SMILES string of the molecule is CC[C@H](C)Oc1ccc(NC(=O)C2(c3ccc(Cl)cc3Cl)CCOCC2)c2ccccc12. The maximum atomic E-state index is 13.8. The van der Waals surface area contributed by atoms with Gasteiger partial charge in [0, 0.05) is 39.7 Å². The van der Waals surface area contributed by atoms with Gasteiger partial charge in [0.05, 0.1) is 11.5 Å². The summed E-state index contributed by atoms with van der Waals surface area (Å²) in [6, 6.07) is 17.1. The molecule has 0 unspecified atom stereocenters. The van der Waals surface area contributed by atoms with E-state index >= 15 is 0 Å². The molecule has 1 saturated heterocycles. The minimum atomic E-state index is -0.785. The summed E-state index contributed by atoms with van der Waals surface area (Å²) in [5, 5.41) is 6.14. The van der Waals surface area contributed by atoms with E-state index < -0.39 is 5.41 Å². The van der Waals surface area contributed by atoms with E-state index in [1.165, 1.54) is 0 Å². The number of benzene rings is 3. The van der Waals surface area contributed by atoms with Gasteiger partial charge in [0.15, 0.2) is 0 Å². The first-order valence-electron chi connectivity index (χ1n) is 11.0. The maximum absolute atomic E-state index is 13.8. The normalized spacial score (nSPS) is 16.5. The number of hydrogen-bond acceptors (Lipinski definition) is 3. The van der Waals surface area contributed by atoms with Crippen molar-refractivity contribution in [2.45, 2.75) is 44.6 Å². The number of amides is 1. The number of fused-ring (bicyclic) bond motifs is 1. The van der Waals surface area contributed by atoms with Crippen LogP contribution in [0.5, 0.6) is 5.75 Å². The number of carbonyl (C=O) groups excluding carboxylic acids is 1. The summed E-state index contributed by atoms with van der Waals surface area (Å²) in [6.45, 7) is 5.13. The van der Waals surface area contributed by atoms with E-state index in [2.05, 4.69) is 19.2 Å². The van der Waals surface area contributed by atoms with Crippen LogP contribution in [0.2, 0.25) is 10.0 Å². The highest BCUT2D eigenvalue weighted by Gasteiger charge is 2.43. The number of ether oxygens (including phenoxy) is 2. The van der Waals surface area contributed by atoms with Gasteiger partial charge in [0.2, 0.25) is 5.91 Å². The molecule has 1 fully saturated rings. The van der Waals surface area contributed by atoms with Gasteiger partial charge in [0.1, 0.15) is 5.75 Å². The molecule has 0 spiro atoms. The quantitative estimate of drug-likeness (QED) is 0.420. The first-order chi connectivity index (χ1) is 15.4. The Morgan fingerprint density at radius 2 is 1.81 bits per heavy atom. The number of anilines is 1. The molecule has 0 saturated carbocycles. The van der Waals surface area contributed by atoms with Crippen molar-refractivity contribution in [3.8, 4) is 5.75 Å². The summed E-state index contributed by atoms with van der Waals surface area (Å²) in [5.74, 6) is 0.722. The summed E-state index contributed by atoms with van der Waals surface area (Å²) in [5.41, 5.74) is 0.746. The van der Waals surface area contributed by atoms with Gasteiger partial charge >= 0.3 is 0 Å². The fourth-order valence-electron chi connectivity index (χ4n) is 4.24. The van der Waals surface area contributed by atoms with Crippen LogP contribution in [0.15, 0.2) is 54.6 Å². The second-order valence-electron chi connectivity index (χ2n) is 8.27. The Morgan fingerprint density at radius 1 is 1.09 bits per heavy atom. The standard InChI is InChI=1S/C26H27Cl2NO3/c1-3-17(2)32-24-11-10-23(19-6-4-5-7-20(19)24)29-25(30)26(12-14-31-15-13-26)21-9-8-18(27)16-22(21)28/h4-11,16-17H,3,12-15H2,1-2H3,(H,29,30)/t17-/m0/s1. The first-order valence-corrected chi connectivity index (χ1v) is 11.7. The smallest absolute Gasteiger partial charge is 0.235 e. The van der Waals surface area contributed by atoms with E-state index in [0.29, 0.717) is 36.1 Å². The van der Waals surface area contributed by atoms with Crippen molar-refractivity contribution in [1.82, 2.24) is 0 Å². The second kappa shape index (κ2) is 9.70. The maximum Gasteiger partial charge on any atom is 0.235 e. The molecule has 168 valence electrons. The van der Waals surface area contributed by atoms with Crippen LogP contribution in [0.1, 0.15) is 38.7 Å². The fourth-order valence-corrected chi connectivity index (χ4v) is 4.83. The Balaban J connectivity index is 1.72. The zero-order valence-electron chi connectivity index (χ0n) is 18.3. The van der Waals surface area contributed by atoms with Crippen LogP contribution < -0.4 is 10.1 Å². The number of rotatable bonds is 6. The largest absolute Gasteiger partial charge is 0.490 e. The van der Waals surface area contributed by atoms with Crippen LogP contribution in [0, 0.1) is 0 Å². The van der Waals surface area contributed by atoms with Crippen molar-refractivity contribution in [3.63, 3.8) is 0 Å². The third kappa shape index (κ3) is 4.45. The molecule has 4 nitrogen and oxygen atoms in total. The van der Waals surface area contributed by atoms with Gasteiger partial charge in [-0.05, 0) is 56.0 Å². The van der Waals surface area contributed by atoms with E-state index in [1.807, 2.05) is 42.5 Å². The van der Waals surface area contributed by atoms with E-state index in [4.69, 9.17) is 32.7 Å². The van der Waals surface area contributed by atoms with Crippen LogP contribution >= 0.6 is 23.2 Å². The Bertz CT molecular complexity index is 1130. The zero-order valence-corrected chi connectivity index (χ0v) is 19.8. The van der Waals surface area contributed by atoms with Crippen LogP contribution in [0.25, 0.3) is 10.8 Å². The topological polar surface area (TPSA) is 47.6 Å². The van der Waals surface area contributed by atoms with Gasteiger partial charge in [0.25, 0.3) is 0 Å². The van der Waals surface area contributed by atoms with Crippen molar-refractivity contribution in [2.24, 2.45) is 0 Å². The Hall–Kier alpha value is -2.27. The zero-order chi connectivity index (χ0) is 22.7. The van der Waals surface area contributed by atoms with Crippen LogP contribution in [-0.4, -0.2) is 25.2 Å². The first kappa shape index (κ1) is 22.9. The molecule has 0 radical (unpaired) electrons. The predicted molar refractivity (Wildman–Crippen MR) is 131 cm³/mol. The monoisotopic (exact) mass is 471 g/mol. The molecular formula is C26H27Cl2NO3. The van der Waals surface area contributed by atoms with Crippen molar-refractivity contribution < 1.29 is 14.3 Å². The molecule has 0 aromatic heterocycles. The number of halogens is 2. The molecule has 1 aliphatic heterocycles. The second-order valence-corrected chi connectivity index (χ2v) is 9.11. The molecule has 0 bridgehead atoms. The average Bonchev–Trinajstić information content (AvgIpc) is 2.81.